The number of hydrogen-bond acceptors (Lipinski definition) is 3. The van der Waals surface area contributed by atoms with Crippen LogP contribution < -0.4 is 34.9 Å². The average molecular weight is 212 g/mol. The number of aliphatic carboxylic acids is 1. The second-order valence-corrected chi connectivity index (χ2v) is 3.24. The van der Waals surface area contributed by atoms with Gasteiger partial charge in [-0.05, 0) is 12.8 Å². The third-order valence-electron chi connectivity index (χ3n) is 1.61. The molecule has 0 bridgehead atoms. The maximum Gasteiger partial charge on any atom is 1.00 e. The van der Waals surface area contributed by atoms with Crippen molar-refractivity contribution in [3.63, 3.8) is 0 Å². The molecule has 6 heteroatoms. The molecule has 0 aliphatic heterocycles. The molecule has 0 aromatic carbocycles. The Morgan fingerprint density at radius 2 is 1.64 bits per heavy atom. The third-order valence-corrected chi connectivity index (χ3v) is 1.61. The molecule has 0 aliphatic carbocycles. The van der Waals surface area contributed by atoms with Crippen molar-refractivity contribution >= 4 is 11.9 Å². The minimum Gasteiger partial charge on any atom is -0.480 e. The number of nitrogens with one attached hydrogen (secondary N) is 1. The first-order valence-corrected chi connectivity index (χ1v) is 4.07. The predicted molar refractivity (Wildman–Crippen MR) is 46.1 cm³/mol. The number of aliphatic hydroxyl groups is 1. The van der Waals surface area contributed by atoms with Crippen LogP contribution in [0.3, 0.4) is 0 Å². The molecule has 0 saturated heterocycles. The summed E-state index contributed by atoms with van der Waals surface area (Å²) in [7, 11) is 0. The molecular formula is C8H15NNaO4+. The van der Waals surface area contributed by atoms with E-state index >= 15 is 0 Å². The van der Waals surface area contributed by atoms with Gasteiger partial charge in [-0.1, -0.05) is 13.8 Å². The summed E-state index contributed by atoms with van der Waals surface area (Å²) in [6, 6.07) is -0.943. The van der Waals surface area contributed by atoms with Gasteiger partial charge in [-0.2, -0.15) is 0 Å². The van der Waals surface area contributed by atoms with Crippen LogP contribution in [0.25, 0.3) is 0 Å². The average Bonchev–Trinajstić information content (AvgIpc) is 1.97. The van der Waals surface area contributed by atoms with Gasteiger partial charge >= 0.3 is 35.5 Å². The summed E-state index contributed by atoms with van der Waals surface area (Å²) in [5.74, 6) is -1.97. The van der Waals surface area contributed by atoms with E-state index in [1.54, 1.807) is 13.8 Å². The van der Waals surface area contributed by atoms with Crippen LogP contribution in [0.1, 0.15) is 20.8 Å². The quantitative estimate of drug-likeness (QED) is 0.424. The molecule has 76 valence electrons. The second-order valence-electron chi connectivity index (χ2n) is 3.24. The summed E-state index contributed by atoms with van der Waals surface area (Å²) in [5, 5.41) is 19.7. The van der Waals surface area contributed by atoms with Gasteiger partial charge in [0.05, 0.1) is 0 Å². The summed E-state index contributed by atoms with van der Waals surface area (Å²) in [5.41, 5.74) is 0. The van der Waals surface area contributed by atoms with Crippen molar-refractivity contribution in [3.8, 4) is 0 Å². The first-order valence-electron chi connectivity index (χ1n) is 4.07. The topological polar surface area (TPSA) is 86.6 Å². The van der Waals surface area contributed by atoms with Crippen LogP contribution in [0.5, 0.6) is 0 Å². The summed E-state index contributed by atoms with van der Waals surface area (Å²) in [6.07, 6.45) is -1.18. The molecule has 3 N–H and O–H groups in total. The van der Waals surface area contributed by atoms with E-state index in [-0.39, 0.29) is 35.5 Å². The van der Waals surface area contributed by atoms with Gasteiger partial charge in [-0.15, -0.1) is 0 Å². The molecule has 2 atom stereocenters. The maximum atomic E-state index is 10.9. The molecule has 0 radical (unpaired) electrons. The Labute approximate surface area is 105 Å². The Bertz CT molecular complexity index is 206. The number of amides is 1. The first kappa shape index (κ1) is 16.3. The summed E-state index contributed by atoms with van der Waals surface area (Å²) < 4.78 is 0. The molecular weight excluding hydrogens is 197 g/mol. The number of carboxylic acid groups (broad SMARTS) is 1. The fourth-order valence-electron chi connectivity index (χ4n) is 0.787. The van der Waals surface area contributed by atoms with Crippen LogP contribution in [0.4, 0.5) is 0 Å². The molecule has 0 spiro atoms. The number of aliphatic hydroxyl groups excluding tert-OH is 1. The summed E-state index contributed by atoms with van der Waals surface area (Å²) >= 11 is 0. The zero-order valence-corrected chi connectivity index (χ0v) is 10.9. The molecule has 1 amide bonds. The summed E-state index contributed by atoms with van der Waals surface area (Å²) in [6.45, 7) is 4.65. The smallest absolute Gasteiger partial charge is 0.480 e. The van der Waals surface area contributed by atoms with Gasteiger partial charge in [0.15, 0.2) is 0 Å². The zero-order valence-electron chi connectivity index (χ0n) is 8.94. The fraction of sp³-hybridized carbons (Fsp3) is 0.750. The van der Waals surface area contributed by atoms with Crippen LogP contribution in [0, 0.1) is 5.92 Å². The minimum atomic E-state index is -1.18. The van der Waals surface area contributed by atoms with Crippen LogP contribution in [-0.2, 0) is 9.59 Å². The molecule has 14 heavy (non-hydrogen) atoms. The number of carbonyl (C=O) groups excluding carboxylic acids is 1. The predicted octanol–water partition coefficient (Wildman–Crippen LogP) is -3.40. The Hall–Kier alpha value is -0.100. The molecule has 2 unspecified atom stereocenters. The standard InChI is InChI=1S/C8H15NO4.Na/c1-4(2)6(8(12)13)9-7(11)5(3)10;/h4-6,10H,1-3H3,(H,9,11)(H,12,13);/q;+1. The van der Waals surface area contributed by atoms with Crippen LogP contribution in [-0.4, -0.2) is 34.2 Å². The van der Waals surface area contributed by atoms with Gasteiger partial charge in [-0.25, -0.2) is 4.79 Å². The van der Waals surface area contributed by atoms with E-state index in [1.165, 1.54) is 6.92 Å². The summed E-state index contributed by atoms with van der Waals surface area (Å²) in [4.78, 5) is 21.5. The van der Waals surface area contributed by atoms with Crippen molar-refractivity contribution in [1.82, 2.24) is 5.32 Å². The maximum absolute atomic E-state index is 10.9. The fourth-order valence-corrected chi connectivity index (χ4v) is 0.787. The van der Waals surface area contributed by atoms with E-state index in [0.717, 1.165) is 0 Å². The van der Waals surface area contributed by atoms with E-state index < -0.39 is 24.0 Å². The van der Waals surface area contributed by atoms with Gasteiger partial charge in [0, 0.05) is 0 Å². The number of hydrogen-bond donors (Lipinski definition) is 3. The number of rotatable bonds is 4. The molecule has 0 aliphatic rings. The largest absolute Gasteiger partial charge is 1.00 e. The van der Waals surface area contributed by atoms with Crippen molar-refractivity contribution < 1.29 is 49.4 Å². The van der Waals surface area contributed by atoms with Gasteiger partial charge in [0.1, 0.15) is 12.1 Å². The van der Waals surface area contributed by atoms with Gasteiger partial charge in [-0.3, -0.25) is 4.79 Å². The first-order chi connectivity index (χ1) is 5.86. The SMILES string of the molecule is CC(O)C(=O)NC(C(=O)O)C(C)C.[Na+]. The van der Waals surface area contributed by atoms with Gasteiger partial charge < -0.3 is 15.5 Å². The Balaban J connectivity index is 0. The van der Waals surface area contributed by atoms with Gasteiger partial charge in [0.25, 0.3) is 0 Å². The van der Waals surface area contributed by atoms with Crippen molar-refractivity contribution in [3.05, 3.63) is 0 Å². The van der Waals surface area contributed by atoms with Crippen LogP contribution in [0.2, 0.25) is 0 Å². The molecule has 0 fully saturated rings. The third kappa shape index (κ3) is 5.59. The molecule has 5 nitrogen and oxygen atoms in total. The Morgan fingerprint density at radius 3 is 1.86 bits per heavy atom. The Morgan fingerprint density at radius 1 is 1.21 bits per heavy atom. The van der Waals surface area contributed by atoms with E-state index in [0.29, 0.717) is 0 Å². The second kappa shape index (κ2) is 7.23. The van der Waals surface area contributed by atoms with Crippen molar-refractivity contribution in [2.75, 3.05) is 0 Å². The van der Waals surface area contributed by atoms with Crippen molar-refractivity contribution in [1.29, 1.82) is 0 Å². The van der Waals surface area contributed by atoms with E-state index in [2.05, 4.69) is 5.32 Å². The minimum absolute atomic E-state index is 0. The number of carbonyl (C=O) groups is 2. The van der Waals surface area contributed by atoms with E-state index in [9.17, 15) is 9.59 Å². The number of carboxylic acids is 1. The van der Waals surface area contributed by atoms with Gasteiger partial charge in [0.2, 0.25) is 5.91 Å². The molecule has 0 saturated carbocycles. The van der Waals surface area contributed by atoms with Crippen LogP contribution in [0.15, 0.2) is 0 Å². The molecule has 0 aromatic rings. The molecule has 0 rings (SSSR count). The van der Waals surface area contributed by atoms with E-state index in [4.69, 9.17) is 10.2 Å². The van der Waals surface area contributed by atoms with E-state index in [1.807, 2.05) is 0 Å². The van der Waals surface area contributed by atoms with Crippen molar-refractivity contribution in [2.24, 2.45) is 5.92 Å². The van der Waals surface area contributed by atoms with Crippen LogP contribution >= 0.6 is 0 Å². The molecule has 0 heterocycles. The molecule has 0 aromatic heterocycles. The zero-order chi connectivity index (χ0) is 10.6. The normalized spacial score (nSPS) is 14.1. The monoisotopic (exact) mass is 212 g/mol. The Kier molecular flexibility index (Phi) is 8.43. The van der Waals surface area contributed by atoms with Crippen molar-refractivity contribution in [2.45, 2.75) is 32.9 Å².